The molecule has 0 atom stereocenters. The standard InChI is InChI=1S/C15H20N2O2S/c1-5-15(3,4)17-12-8-10(2)6-7-11(12)16-14(17)20-9-13(18)19/h6-8H,5,9H2,1-4H3,(H,18,19). The van der Waals surface area contributed by atoms with Gasteiger partial charge in [0.2, 0.25) is 0 Å². The molecule has 4 nitrogen and oxygen atoms in total. The average Bonchev–Trinajstić information content (AvgIpc) is 2.74. The first-order chi connectivity index (χ1) is 9.35. The van der Waals surface area contributed by atoms with Crippen LogP contribution in [0.2, 0.25) is 0 Å². The number of carboxylic acid groups (broad SMARTS) is 1. The number of hydrogen-bond acceptors (Lipinski definition) is 3. The Morgan fingerprint density at radius 3 is 2.75 bits per heavy atom. The van der Waals surface area contributed by atoms with Gasteiger partial charge in [-0.1, -0.05) is 24.8 Å². The minimum absolute atomic E-state index is 0.0299. The lowest BCUT2D eigenvalue weighted by molar-refractivity contribution is -0.133. The van der Waals surface area contributed by atoms with E-state index in [1.54, 1.807) is 0 Å². The van der Waals surface area contributed by atoms with Gasteiger partial charge in [0, 0.05) is 5.54 Å². The molecule has 2 rings (SSSR count). The smallest absolute Gasteiger partial charge is 0.313 e. The van der Waals surface area contributed by atoms with Gasteiger partial charge in [-0.2, -0.15) is 0 Å². The van der Waals surface area contributed by atoms with Crippen molar-refractivity contribution in [3.8, 4) is 0 Å². The molecule has 0 unspecified atom stereocenters. The minimum atomic E-state index is -0.820. The summed E-state index contributed by atoms with van der Waals surface area (Å²) in [5, 5.41) is 9.66. The van der Waals surface area contributed by atoms with E-state index in [1.807, 2.05) is 12.1 Å². The third kappa shape index (κ3) is 2.82. The number of imidazole rings is 1. The number of nitrogens with zero attached hydrogens (tertiary/aromatic N) is 2. The Balaban J connectivity index is 2.60. The number of carbonyl (C=O) groups is 1. The van der Waals surface area contributed by atoms with Gasteiger partial charge in [-0.25, -0.2) is 4.98 Å². The molecule has 1 N–H and O–H groups in total. The number of aliphatic carboxylic acids is 1. The fourth-order valence-corrected chi connectivity index (χ4v) is 3.02. The molecule has 0 bridgehead atoms. The van der Waals surface area contributed by atoms with Crippen molar-refractivity contribution in [2.45, 2.75) is 44.8 Å². The van der Waals surface area contributed by atoms with E-state index in [-0.39, 0.29) is 11.3 Å². The van der Waals surface area contributed by atoms with Gasteiger partial charge in [-0.05, 0) is 44.9 Å². The molecule has 20 heavy (non-hydrogen) atoms. The van der Waals surface area contributed by atoms with Crippen molar-refractivity contribution in [1.29, 1.82) is 0 Å². The molecule has 0 aliphatic carbocycles. The number of aryl methyl sites for hydroxylation is 1. The minimum Gasteiger partial charge on any atom is -0.481 e. The Labute approximate surface area is 123 Å². The first kappa shape index (κ1) is 14.9. The van der Waals surface area contributed by atoms with E-state index >= 15 is 0 Å². The Bertz CT molecular complexity index is 647. The highest BCUT2D eigenvalue weighted by molar-refractivity contribution is 7.99. The first-order valence-electron chi connectivity index (χ1n) is 6.69. The monoisotopic (exact) mass is 292 g/mol. The molecule has 1 aromatic heterocycles. The van der Waals surface area contributed by atoms with Crippen molar-refractivity contribution in [1.82, 2.24) is 9.55 Å². The van der Waals surface area contributed by atoms with Gasteiger partial charge in [0.1, 0.15) is 0 Å². The van der Waals surface area contributed by atoms with Gasteiger partial charge < -0.3 is 9.67 Å². The maximum absolute atomic E-state index is 10.8. The maximum atomic E-state index is 10.8. The predicted molar refractivity (Wildman–Crippen MR) is 82.4 cm³/mol. The Hall–Kier alpha value is -1.49. The number of hydrogen-bond donors (Lipinski definition) is 1. The number of aromatic nitrogens is 2. The second-order valence-corrected chi connectivity index (χ2v) is 6.51. The Morgan fingerprint density at radius 1 is 1.45 bits per heavy atom. The van der Waals surface area contributed by atoms with Crippen LogP contribution in [0.5, 0.6) is 0 Å². The van der Waals surface area contributed by atoms with Gasteiger partial charge in [0.15, 0.2) is 5.16 Å². The molecule has 0 fully saturated rings. The molecule has 0 spiro atoms. The molecule has 0 aliphatic rings. The lowest BCUT2D eigenvalue weighted by Gasteiger charge is -2.27. The number of carboxylic acids is 1. The van der Waals surface area contributed by atoms with Crippen molar-refractivity contribution in [3.63, 3.8) is 0 Å². The van der Waals surface area contributed by atoms with Gasteiger partial charge in [-0.15, -0.1) is 0 Å². The molecular formula is C15H20N2O2S. The van der Waals surface area contributed by atoms with Crippen LogP contribution in [0.15, 0.2) is 23.4 Å². The topological polar surface area (TPSA) is 55.1 Å². The van der Waals surface area contributed by atoms with E-state index < -0.39 is 5.97 Å². The van der Waals surface area contributed by atoms with Crippen LogP contribution < -0.4 is 0 Å². The van der Waals surface area contributed by atoms with E-state index in [1.165, 1.54) is 17.3 Å². The Kier molecular flexibility index (Phi) is 4.09. The zero-order valence-corrected chi connectivity index (χ0v) is 13.1. The van der Waals surface area contributed by atoms with E-state index in [0.29, 0.717) is 0 Å². The van der Waals surface area contributed by atoms with Crippen LogP contribution in [-0.2, 0) is 10.3 Å². The molecule has 2 aromatic rings. The summed E-state index contributed by atoms with van der Waals surface area (Å²) in [4.78, 5) is 15.4. The summed E-state index contributed by atoms with van der Waals surface area (Å²) in [6, 6.07) is 6.15. The van der Waals surface area contributed by atoms with Crippen LogP contribution in [0.1, 0.15) is 32.8 Å². The average molecular weight is 292 g/mol. The van der Waals surface area contributed by atoms with Gasteiger partial charge in [0.05, 0.1) is 16.8 Å². The summed E-state index contributed by atoms with van der Waals surface area (Å²) in [6.07, 6.45) is 0.951. The van der Waals surface area contributed by atoms with Crippen molar-refractivity contribution >= 4 is 28.8 Å². The van der Waals surface area contributed by atoms with E-state index in [2.05, 4.69) is 43.3 Å². The molecule has 1 heterocycles. The molecule has 0 aliphatic heterocycles. The highest BCUT2D eigenvalue weighted by atomic mass is 32.2. The number of benzene rings is 1. The third-order valence-electron chi connectivity index (χ3n) is 3.57. The quantitative estimate of drug-likeness (QED) is 0.854. The fraction of sp³-hybridized carbons (Fsp3) is 0.467. The molecule has 0 saturated carbocycles. The second-order valence-electron chi connectivity index (χ2n) is 5.57. The van der Waals surface area contributed by atoms with Crippen LogP contribution >= 0.6 is 11.8 Å². The van der Waals surface area contributed by atoms with Crippen LogP contribution in [0, 0.1) is 6.92 Å². The lowest BCUT2D eigenvalue weighted by atomic mass is 10.0. The van der Waals surface area contributed by atoms with Crippen LogP contribution in [0.3, 0.4) is 0 Å². The Morgan fingerprint density at radius 2 is 2.15 bits per heavy atom. The molecule has 0 amide bonds. The van der Waals surface area contributed by atoms with Crippen molar-refractivity contribution in [2.24, 2.45) is 0 Å². The summed E-state index contributed by atoms with van der Waals surface area (Å²) in [7, 11) is 0. The van der Waals surface area contributed by atoms with Crippen molar-refractivity contribution in [3.05, 3.63) is 23.8 Å². The largest absolute Gasteiger partial charge is 0.481 e. The number of thioether (sulfide) groups is 1. The summed E-state index contributed by atoms with van der Waals surface area (Å²) >= 11 is 1.28. The van der Waals surface area contributed by atoms with Crippen LogP contribution in [0.25, 0.3) is 11.0 Å². The highest BCUT2D eigenvalue weighted by Crippen LogP contribution is 2.33. The highest BCUT2D eigenvalue weighted by Gasteiger charge is 2.25. The van der Waals surface area contributed by atoms with Crippen molar-refractivity contribution in [2.75, 3.05) is 5.75 Å². The number of rotatable bonds is 5. The zero-order valence-electron chi connectivity index (χ0n) is 12.3. The molecule has 0 radical (unpaired) electrons. The summed E-state index contributed by atoms with van der Waals surface area (Å²) < 4.78 is 2.17. The molecule has 5 heteroatoms. The summed E-state index contributed by atoms with van der Waals surface area (Å²) in [6.45, 7) is 8.50. The second kappa shape index (κ2) is 5.48. The molecule has 108 valence electrons. The van der Waals surface area contributed by atoms with Gasteiger partial charge in [-0.3, -0.25) is 4.79 Å². The number of fused-ring (bicyclic) bond motifs is 1. The predicted octanol–water partition coefficient (Wildman–Crippen LogP) is 3.67. The third-order valence-corrected chi connectivity index (χ3v) is 4.50. The normalized spacial score (nSPS) is 12.0. The van der Waals surface area contributed by atoms with E-state index in [4.69, 9.17) is 5.11 Å². The van der Waals surface area contributed by atoms with Crippen LogP contribution in [-0.4, -0.2) is 26.4 Å². The molecule has 1 aromatic carbocycles. The molecule has 0 saturated heterocycles. The van der Waals surface area contributed by atoms with E-state index in [0.717, 1.165) is 22.6 Å². The van der Waals surface area contributed by atoms with Crippen molar-refractivity contribution < 1.29 is 9.90 Å². The van der Waals surface area contributed by atoms with Gasteiger partial charge >= 0.3 is 5.97 Å². The first-order valence-corrected chi connectivity index (χ1v) is 7.68. The summed E-state index contributed by atoms with van der Waals surface area (Å²) in [5.41, 5.74) is 3.08. The SMILES string of the molecule is CCC(C)(C)n1c(SCC(=O)O)nc2ccc(C)cc21. The van der Waals surface area contributed by atoms with Crippen LogP contribution in [0.4, 0.5) is 0 Å². The van der Waals surface area contributed by atoms with Gasteiger partial charge in [0.25, 0.3) is 0 Å². The lowest BCUT2D eigenvalue weighted by Crippen LogP contribution is -2.26. The fourth-order valence-electron chi connectivity index (χ4n) is 2.13. The zero-order chi connectivity index (χ0) is 14.9. The summed E-state index contributed by atoms with van der Waals surface area (Å²) in [5.74, 6) is -0.790. The maximum Gasteiger partial charge on any atom is 0.313 e. The molecular weight excluding hydrogens is 272 g/mol. The van der Waals surface area contributed by atoms with E-state index in [9.17, 15) is 4.79 Å².